The van der Waals surface area contributed by atoms with Crippen LogP contribution in [0, 0.1) is 12.8 Å². The highest BCUT2D eigenvalue weighted by Crippen LogP contribution is 2.32. The number of amides is 2. The largest absolute Gasteiger partial charge is 0.326 e. The first-order chi connectivity index (χ1) is 17.2. The second-order valence-corrected chi connectivity index (χ2v) is 11.6. The molecule has 1 fully saturated rings. The van der Waals surface area contributed by atoms with Crippen molar-refractivity contribution in [1.82, 2.24) is 0 Å². The van der Waals surface area contributed by atoms with Crippen molar-refractivity contribution in [3.8, 4) is 0 Å². The summed E-state index contributed by atoms with van der Waals surface area (Å²) in [5.74, 6) is 0.0804. The van der Waals surface area contributed by atoms with Crippen LogP contribution in [0.5, 0.6) is 0 Å². The van der Waals surface area contributed by atoms with E-state index in [2.05, 4.69) is 5.32 Å². The molecule has 1 aliphatic carbocycles. The lowest BCUT2D eigenvalue weighted by Gasteiger charge is -2.23. The van der Waals surface area contributed by atoms with E-state index < -0.39 is 9.84 Å². The number of nitrogens with zero attached hydrogens (tertiary/aromatic N) is 1. The minimum Gasteiger partial charge on any atom is -0.326 e. The van der Waals surface area contributed by atoms with Crippen LogP contribution < -0.4 is 10.2 Å². The Labute approximate surface area is 217 Å². The van der Waals surface area contributed by atoms with Crippen LogP contribution in [0.3, 0.4) is 0 Å². The van der Waals surface area contributed by atoms with Gasteiger partial charge in [0.1, 0.15) is 0 Å². The summed E-state index contributed by atoms with van der Waals surface area (Å²) in [6.07, 6.45) is 2.06. The van der Waals surface area contributed by atoms with Crippen molar-refractivity contribution in [2.24, 2.45) is 5.92 Å². The molecular weight excluding hydrogens is 496 g/mol. The maximum atomic E-state index is 13.2. The number of carbonyl (C=O) groups excluding carboxylic acids is 2. The second-order valence-electron chi connectivity index (χ2n) is 9.12. The topological polar surface area (TPSA) is 83.6 Å². The van der Waals surface area contributed by atoms with Crippen LogP contribution in [-0.4, -0.2) is 32.5 Å². The highest BCUT2D eigenvalue weighted by atomic mass is 35.5. The van der Waals surface area contributed by atoms with Gasteiger partial charge in [-0.2, -0.15) is 0 Å². The van der Waals surface area contributed by atoms with Gasteiger partial charge in [0, 0.05) is 17.8 Å². The monoisotopic (exact) mass is 524 g/mol. The van der Waals surface area contributed by atoms with Crippen molar-refractivity contribution in [3.63, 3.8) is 0 Å². The molecule has 0 bridgehead atoms. The summed E-state index contributed by atoms with van der Waals surface area (Å²) >= 11 is 6.30. The molecule has 1 aliphatic rings. The number of nitrogens with one attached hydrogen (secondary N) is 1. The molecule has 0 unspecified atom stereocenters. The van der Waals surface area contributed by atoms with Crippen molar-refractivity contribution < 1.29 is 18.0 Å². The van der Waals surface area contributed by atoms with Crippen LogP contribution in [0.25, 0.3) is 0 Å². The first-order valence-corrected chi connectivity index (χ1v) is 14.0. The highest BCUT2D eigenvalue weighted by molar-refractivity contribution is 7.91. The molecule has 3 aromatic rings. The summed E-state index contributed by atoms with van der Waals surface area (Å²) in [5, 5.41) is 3.36. The molecular formula is C28H29ClN2O4S. The Hall–Kier alpha value is -3.16. The van der Waals surface area contributed by atoms with Crippen molar-refractivity contribution in [2.75, 3.05) is 22.5 Å². The number of aryl methyl sites for hydroxylation is 1. The fourth-order valence-corrected chi connectivity index (χ4v) is 6.05. The molecule has 2 amide bonds. The smallest absolute Gasteiger partial charge is 0.258 e. The standard InChI is InChI=1S/C28H29ClN2O4S/c1-3-31(26-7-5-4-6-25(26)29)28(33)24-15-12-22(16-19(24)2)30-27(32)17-20-10-13-23(14-11-20)36(34,35)18-21-8-9-21/h4-7,10-16,21H,3,8-9,17-18H2,1-2H3,(H,30,32). The molecule has 0 atom stereocenters. The number of benzene rings is 3. The van der Waals surface area contributed by atoms with E-state index in [4.69, 9.17) is 11.6 Å². The lowest BCUT2D eigenvalue weighted by molar-refractivity contribution is -0.115. The van der Waals surface area contributed by atoms with Gasteiger partial charge in [-0.15, -0.1) is 0 Å². The summed E-state index contributed by atoms with van der Waals surface area (Å²) in [4.78, 5) is 27.7. The number of hydrogen-bond acceptors (Lipinski definition) is 4. The first kappa shape index (κ1) is 25.9. The first-order valence-electron chi connectivity index (χ1n) is 12.0. The molecule has 0 heterocycles. The van der Waals surface area contributed by atoms with E-state index in [-0.39, 0.29) is 29.9 Å². The quantitative estimate of drug-likeness (QED) is 0.390. The molecule has 188 valence electrons. The lowest BCUT2D eigenvalue weighted by atomic mass is 10.1. The van der Waals surface area contributed by atoms with Gasteiger partial charge in [-0.1, -0.05) is 35.9 Å². The van der Waals surface area contributed by atoms with Gasteiger partial charge in [-0.3, -0.25) is 9.59 Å². The Balaban J connectivity index is 1.40. The number of sulfone groups is 1. The van der Waals surface area contributed by atoms with Gasteiger partial charge in [0.2, 0.25) is 5.91 Å². The van der Waals surface area contributed by atoms with E-state index in [0.717, 1.165) is 24.0 Å². The minimum atomic E-state index is -3.27. The van der Waals surface area contributed by atoms with E-state index >= 15 is 0 Å². The average Bonchev–Trinajstić information content (AvgIpc) is 3.64. The van der Waals surface area contributed by atoms with Crippen molar-refractivity contribution in [2.45, 2.75) is 38.0 Å². The average molecular weight is 525 g/mol. The zero-order chi connectivity index (χ0) is 25.9. The zero-order valence-electron chi connectivity index (χ0n) is 20.3. The maximum Gasteiger partial charge on any atom is 0.258 e. The molecule has 1 N–H and O–H groups in total. The normalized spacial score (nSPS) is 13.3. The highest BCUT2D eigenvalue weighted by Gasteiger charge is 2.29. The molecule has 36 heavy (non-hydrogen) atoms. The maximum absolute atomic E-state index is 13.2. The minimum absolute atomic E-state index is 0.110. The molecule has 0 spiro atoms. The molecule has 0 saturated heterocycles. The SMILES string of the molecule is CCN(C(=O)c1ccc(NC(=O)Cc2ccc(S(=O)(=O)CC3CC3)cc2)cc1C)c1ccccc1Cl. The van der Waals surface area contributed by atoms with Crippen LogP contribution in [0.15, 0.2) is 71.6 Å². The Kier molecular flexibility index (Phi) is 7.81. The number of anilines is 2. The Morgan fingerprint density at radius 1 is 1.03 bits per heavy atom. The van der Waals surface area contributed by atoms with Crippen LogP contribution >= 0.6 is 11.6 Å². The fourth-order valence-electron chi connectivity index (χ4n) is 4.12. The van der Waals surface area contributed by atoms with E-state index in [1.54, 1.807) is 53.4 Å². The van der Waals surface area contributed by atoms with E-state index in [1.807, 2.05) is 32.0 Å². The number of para-hydroxylation sites is 1. The van der Waals surface area contributed by atoms with E-state index in [0.29, 0.717) is 33.4 Å². The van der Waals surface area contributed by atoms with Gasteiger partial charge in [-0.25, -0.2) is 8.42 Å². The second kappa shape index (κ2) is 10.8. The summed E-state index contributed by atoms with van der Waals surface area (Å²) in [7, 11) is -3.27. The number of hydrogen-bond donors (Lipinski definition) is 1. The Morgan fingerprint density at radius 3 is 2.33 bits per heavy atom. The third-order valence-electron chi connectivity index (χ3n) is 6.24. The molecule has 0 aliphatic heterocycles. The van der Waals surface area contributed by atoms with Crippen molar-refractivity contribution in [3.05, 3.63) is 88.4 Å². The summed E-state index contributed by atoms with van der Waals surface area (Å²) < 4.78 is 24.8. The number of halogens is 1. The third kappa shape index (κ3) is 6.15. The molecule has 0 aromatic heterocycles. The van der Waals surface area contributed by atoms with E-state index in [9.17, 15) is 18.0 Å². The third-order valence-corrected chi connectivity index (χ3v) is 8.46. The van der Waals surface area contributed by atoms with Gasteiger partial charge in [0.25, 0.3) is 5.91 Å². The molecule has 1 saturated carbocycles. The van der Waals surface area contributed by atoms with E-state index in [1.165, 1.54) is 0 Å². The van der Waals surface area contributed by atoms with Gasteiger partial charge in [0.05, 0.1) is 27.8 Å². The Morgan fingerprint density at radius 2 is 1.72 bits per heavy atom. The van der Waals surface area contributed by atoms with Crippen LogP contribution in [-0.2, 0) is 21.1 Å². The molecule has 6 nitrogen and oxygen atoms in total. The van der Waals surface area contributed by atoms with Crippen LogP contribution in [0.1, 0.15) is 41.3 Å². The van der Waals surface area contributed by atoms with Gasteiger partial charge in [0.15, 0.2) is 9.84 Å². The van der Waals surface area contributed by atoms with Crippen LogP contribution in [0.4, 0.5) is 11.4 Å². The summed E-state index contributed by atoms with van der Waals surface area (Å²) in [5.41, 5.74) is 3.21. The molecule has 0 radical (unpaired) electrons. The summed E-state index contributed by atoms with van der Waals surface area (Å²) in [6.45, 7) is 4.17. The lowest BCUT2D eigenvalue weighted by Crippen LogP contribution is -2.31. The molecule has 4 rings (SSSR count). The number of rotatable bonds is 9. The van der Waals surface area contributed by atoms with Gasteiger partial charge < -0.3 is 10.2 Å². The van der Waals surface area contributed by atoms with Crippen molar-refractivity contribution >= 4 is 44.6 Å². The molecule has 8 heteroatoms. The van der Waals surface area contributed by atoms with Gasteiger partial charge >= 0.3 is 0 Å². The predicted molar refractivity (Wildman–Crippen MR) is 144 cm³/mol. The zero-order valence-corrected chi connectivity index (χ0v) is 21.9. The predicted octanol–water partition coefficient (Wildman–Crippen LogP) is 5.68. The van der Waals surface area contributed by atoms with Crippen LogP contribution in [0.2, 0.25) is 5.02 Å². The Bertz CT molecular complexity index is 1380. The number of carbonyl (C=O) groups is 2. The fraction of sp³-hybridized carbons (Fsp3) is 0.286. The summed E-state index contributed by atoms with van der Waals surface area (Å²) in [6, 6.07) is 18.9. The van der Waals surface area contributed by atoms with Crippen molar-refractivity contribution in [1.29, 1.82) is 0 Å². The molecule has 3 aromatic carbocycles. The van der Waals surface area contributed by atoms with Gasteiger partial charge in [-0.05, 0) is 86.2 Å².